The third-order valence-electron chi connectivity index (χ3n) is 7.05. The standard InChI is InChI=1S/C36H26S4/c1-23-3-17-31(37-23)25-5-9-27(10-6-25)33-19-21-35(39-33)29-13-15-30(16-14-29)36-22-20-34(40-36)28-11-7-26(8-12-28)32-18-4-24(2)38-32/h3-22H,1-2H3. The summed E-state index contributed by atoms with van der Waals surface area (Å²) in [6.07, 6.45) is 0. The van der Waals surface area contributed by atoms with E-state index in [1.165, 1.54) is 72.4 Å². The molecule has 4 aromatic heterocycles. The maximum Gasteiger partial charge on any atom is 0.0349 e. The highest BCUT2D eigenvalue weighted by atomic mass is 32.1. The van der Waals surface area contributed by atoms with Crippen LogP contribution in [0.4, 0.5) is 0 Å². The zero-order valence-electron chi connectivity index (χ0n) is 22.2. The van der Waals surface area contributed by atoms with Crippen molar-refractivity contribution in [1.82, 2.24) is 0 Å². The van der Waals surface area contributed by atoms with Gasteiger partial charge in [0.1, 0.15) is 0 Å². The van der Waals surface area contributed by atoms with Gasteiger partial charge in [0, 0.05) is 39.0 Å². The third-order valence-corrected chi connectivity index (χ3v) is 11.5. The molecule has 0 aliphatic carbocycles. The van der Waals surface area contributed by atoms with Gasteiger partial charge >= 0.3 is 0 Å². The van der Waals surface area contributed by atoms with Crippen LogP contribution in [0.2, 0.25) is 0 Å². The van der Waals surface area contributed by atoms with Gasteiger partial charge in [0.15, 0.2) is 0 Å². The van der Waals surface area contributed by atoms with Crippen LogP contribution in [0.3, 0.4) is 0 Å². The SMILES string of the molecule is Cc1ccc(-c2ccc(-c3ccc(-c4ccc(-c5ccc(-c6ccc(-c7ccc(C)s7)cc6)s5)cc4)s3)cc2)s1. The average Bonchev–Trinajstić information content (AvgIpc) is 3.81. The summed E-state index contributed by atoms with van der Waals surface area (Å²) in [6.45, 7) is 4.32. The van der Waals surface area contributed by atoms with E-state index in [0.717, 1.165) is 0 Å². The highest BCUT2D eigenvalue weighted by molar-refractivity contribution is 7.19. The molecule has 40 heavy (non-hydrogen) atoms. The van der Waals surface area contributed by atoms with E-state index in [4.69, 9.17) is 0 Å². The molecule has 0 radical (unpaired) electrons. The molecule has 4 heteroatoms. The Morgan fingerprint density at radius 3 is 0.650 bits per heavy atom. The summed E-state index contributed by atoms with van der Waals surface area (Å²) in [6, 6.07) is 44.7. The van der Waals surface area contributed by atoms with Crippen molar-refractivity contribution in [2.75, 3.05) is 0 Å². The molecule has 0 unspecified atom stereocenters. The summed E-state index contributed by atoms with van der Waals surface area (Å²) in [7, 11) is 0. The number of thiophene rings is 4. The Morgan fingerprint density at radius 1 is 0.250 bits per heavy atom. The van der Waals surface area contributed by atoms with Crippen molar-refractivity contribution in [1.29, 1.82) is 0 Å². The van der Waals surface area contributed by atoms with Gasteiger partial charge in [-0.1, -0.05) is 72.8 Å². The molecular formula is C36H26S4. The van der Waals surface area contributed by atoms with E-state index in [0.29, 0.717) is 0 Å². The van der Waals surface area contributed by atoms with Crippen molar-refractivity contribution >= 4 is 45.3 Å². The quantitative estimate of drug-likeness (QED) is 0.182. The lowest BCUT2D eigenvalue weighted by Crippen LogP contribution is -1.75. The lowest BCUT2D eigenvalue weighted by Gasteiger charge is -2.03. The number of hydrogen-bond donors (Lipinski definition) is 0. The fourth-order valence-corrected chi connectivity index (χ4v) is 8.65. The van der Waals surface area contributed by atoms with Crippen LogP contribution in [-0.2, 0) is 0 Å². The van der Waals surface area contributed by atoms with Crippen molar-refractivity contribution in [3.05, 3.63) is 131 Å². The van der Waals surface area contributed by atoms with Crippen LogP contribution < -0.4 is 0 Å². The van der Waals surface area contributed by atoms with E-state index in [2.05, 4.69) is 135 Å². The van der Waals surface area contributed by atoms with Crippen LogP contribution in [0.1, 0.15) is 9.75 Å². The Morgan fingerprint density at radius 2 is 0.450 bits per heavy atom. The van der Waals surface area contributed by atoms with Crippen molar-refractivity contribution < 1.29 is 0 Å². The number of benzene rings is 3. The highest BCUT2D eigenvalue weighted by Gasteiger charge is 2.10. The van der Waals surface area contributed by atoms with Gasteiger partial charge in [0.25, 0.3) is 0 Å². The topological polar surface area (TPSA) is 0 Å². The molecular weight excluding hydrogens is 561 g/mol. The first-order valence-corrected chi connectivity index (χ1v) is 16.5. The molecule has 0 amide bonds. The minimum atomic E-state index is 1.27. The third kappa shape index (κ3) is 5.16. The smallest absolute Gasteiger partial charge is 0.0349 e. The monoisotopic (exact) mass is 586 g/mol. The summed E-state index contributed by atoms with van der Waals surface area (Å²) in [4.78, 5) is 10.6. The molecule has 0 aliphatic rings. The number of rotatable bonds is 6. The Bertz CT molecular complexity index is 1750. The molecule has 194 valence electrons. The highest BCUT2D eigenvalue weighted by Crippen LogP contribution is 2.39. The molecule has 0 atom stereocenters. The maximum atomic E-state index is 2.25. The molecule has 0 saturated heterocycles. The van der Waals surface area contributed by atoms with Gasteiger partial charge in [-0.25, -0.2) is 0 Å². The minimum absolute atomic E-state index is 1.27. The van der Waals surface area contributed by atoms with E-state index in [9.17, 15) is 0 Å². The molecule has 0 spiro atoms. The number of aryl methyl sites for hydroxylation is 2. The Labute approximate surface area is 251 Å². The normalized spacial score (nSPS) is 11.2. The van der Waals surface area contributed by atoms with Crippen LogP contribution in [0.15, 0.2) is 121 Å². The largest absolute Gasteiger partial charge is 0.141 e. The lowest BCUT2D eigenvalue weighted by atomic mass is 10.1. The average molecular weight is 587 g/mol. The van der Waals surface area contributed by atoms with Gasteiger partial charge in [0.05, 0.1) is 0 Å². The van der Waals surface area contributed by atoms with E-state index >= 15 is 0 Å². The van der Waals surface area contributed by atoms with Crippen LogP contribution >= 0.6 is 45.3 Å². The second-order valence-corrected chi connectivity index (χ2v) is 14.6. The van der Waals surface area contributed by atoms with Crippen LogP contribution in [-0.4, -0.2) is 0 Å². The predicted octanol–water partition coefficient (Wildman–Crippen LogP) is 12.6. The fraction of sp³-hybridized carbons (Fsp3) is 0.0556. The van der Waals surface area contributed by atoms with Crippen LogP contribution in [0, 0.1) is 13.8 Å². The Balaban J connectivity index is 1.06. The number of hydrogen-bond acceptors (Lipinski definition) is 4. The summed E-state index contributed by atoms with van der Waals surface area (Å²) in [5, 5.41) is 0. The second-order valence-electron chi connectivity index (χ2n) is 9.88. The molecule has 0 fully saturated rings. The molecule has 0 aliphatic heterocycles. The second kappa shape index (κ2) is 10.8. The lowest BCUT2D eigenvalue weighted by molar-refractivity contribution is 1.64. The first-order chi connectivity index (χ1) is 19.6. The molecule has 4 heterocycles. The van der Waals surface area contributed by atoms with Crippen molar-refractivity contribution in [3.63, 3.8) is 0 Å². The molecule has 0 bridgehead atoms. The summed E-state index contributed by atoms with van der Waals surface area (Å²) in [5.41, 5.74) is 7.65. The van der Waals surface area contributed by atoms with Gasteiger partial charge in [-0.3, -0.25) is 0 Å². The molecule has 0 saturated carbocycles. The van der Waals surface area contributed by atoms with E-state index in [1.54, 1.807) is 0 Å². The zero-order valence-corrected chi connectivity index (χ0v) is 25.4. The minimum Gasteiger partial charge on any atom is -0.141 e. The van der Waals surface area contributed by atoms with Crippen molar-refractivity contribution in [2.24, 2.45) is 0 Å². The van der Waals surface area contributed by atoms with Gasteiger partial charge in [0.2, 0.25) is 0 Å². The van der Waals surface area contributed by atoms with E-state index in [-0.39, 0.29) is 0 Å². The first kappa shape index (κ1) is 25.4. The van der Waals surface area contributed by atoms with Crippen molar-refractivity contribution in [2.45, 2.75) is 13.8 Å². The van der Waals surface area contributed by atoms with Crippen LogP contribution in [0.5, 0.6) is 0 Å². The summed E-state index contributed by atoms with van der Waals surface area (Å²) < 4.78 is 0. The van der Waals surface area contributed by atoms with Gasteiger partial charge in [-0.15, -0.1) is 45.3 Å². The molecule has 7 aromatic rings. The molecule has 0 N–H and O–H groups in total. The Hall–Kier alpha value is -3.54. The van der Waals surface area contributed by atoms with Gasteiger partial charge in [-0.05, 0) is 95.8 Å². The summed E-state index contributed by atoms with van der Waals surface area (Å²) >= 11 is 7.40. The zero-order chi connectivity index (χ0) is 27.1. The van der Waals surface area contributed by atoms with Gasteiger partial charge < -0.3 is 0 Å². The van der Waals surface area contributed by atoms with Crippen LogP contribution in [0.25, 0.3) is 62.6 Å². The Kier molecular flexibility index (Phi) is 6.86. The molecule has 0 nitrogen and oxygen atoms in total. The first-order valence-electron chi connectivity index (χ1n) is 13.2. The summed E-state index contributed by atoms with van der Waals surface area (Å²) in [5.74, 6) is 0. The maximum absolute atomic E-state index is 2.25. The van der Waals surface area contributed by atoms with Crippen molar-refractivity contribution in [3.8, 4) is 62.6 Å². The van der Waals surface area contributed by atoms with Gasteiger partial charge in [-0.2, -0.15) is 0 Å². The molecule has 7 rings (SSSR count). The predicted molar refractivity (Wildman–Crippen MR) is 180 cm³/mol. The van der Waals surface area contributed by atoms with E-state index in [1.807, 2.05) is 45.3 Å². The fourth-order valence-electron chi connectivity index (χ4n) is 4.87. The molecule has 3 aromatic carbocycles. The van der Waals surface area contributed by atoms with E-state index < -0.39 is 0 Å².